The van der Waals surface area contributed by atoms with Crippen molar-refractivity contribution in [1.82, 2.24) is 15.0 Å². The van der Waals surface area contributed by atoms with Crippen LogP contribution in [0.4, 0.5) is 10.1 Å². The monoisotopic (exact) mass is 288 g/mol. The largest absolute Gasteiger partial charge is 0.403 e. The summed E-state index contributed by atoms with van der Waals surface area (Å²) >= 11 is 0. The molecule has 0 N–H and O–H groups in total. The van der Waals surface area contributed by atoms with E-state index < -0.39 is 5.82 Å². The van der Waals surface area contributed by atoms with Crippen molar-refractivity contribution in [3.8, 4) is 11.9 Å². The zero-order valence-corrected chi connectivity index (χ0v) is 11.6. The minimum Gasteiger partial charge on any atom is -0.403 e. The van der Waals surface area contributed by atoms with Gasteiger partial charge in [0.25, 0.3) is 0 Å². The lowest BCUT2D eigenvalue weighted by Gasteiger charge is -2.21. The molecule has 3 rings (SSSR count). The summed E-state index contributed by atoms with van der Waals surface area (Å²) in [5, 5.41) is 1.65. The average Bonchev–Trinajstić information content (AvgIpc) is 2.94. The number of ether oxygens (including phenoxy) is 1. The van der Waals surface area contributed by atoms with Crippen LogP contribution in [0.15, 0.2) is 30.8 Å². The van der Waals surface area contributed by atoms with Gasteiger partial charge >= 0.3 is 6.01 Å². The van der Waals surface area contributed by atoms with Gasteiger partial charge < -0.3 is 9.57 Å². The number of aryl methyl sites for hydroxylation is 2. The van der Waals surface area contributed by atoms with Crippen molar-refractivity contribution in [1.29, 1.82) is 0 Å². The van der Waals surface area contributed by atoms with Crippen LogP contribution in [0.3, 0.4) is 0 Å². The van der Waals surface area contributed by atoms with Crippen molar-refractivity contribution in [3.63, 3.8) is 0 Å². The summed E-state index contributed by atoms with van der Waals surface area (Å²) in [5.74, 6) is -0.203. The van der Waals surface area contributed by atoms with E-state index in [0.717, 1.165) is 23.7 Å². The minimum absolute atomic E-state index is 0.0299. The Morgan fingerprint density at radius 1 is 1.29 bits per heavy atom. The second-order valence-electron chi connectivity index (χ2n) is 4.56. The van der Waals surface area contributed by atoms with Gasteiger partial charge in [-0.25, -0.2) is 24.4 Å². The van der Waals surface area contributed by atoms with Crippen molar-refractivity contribution in [2.45, 2.75) is 13.8 Å². The zero-order valence-electron chi connectivity index (χ0n) is 11.6. The maximum atomic E-state index is 12.8. The second-order valence-corrected chi connectivity index (χ2v) is 4.56. The van der Waals surface area contributed by atoms with E-state index in [1.807, 2.05) is 26.0 Å². The fourth-order valence-electron chi connectivity index (χ4n) is 2.05. The number of nitrogens with zero attached hydrogens (tertiary/aromatic N) is 4. The highest BCUT2D eigenvalue weighted by molar-refractivity contribution is 5.61. The van der Waals surface area contributed by atoms with Crippen LogP contribution in [-0.4, -0.2) is 21.5 Å². The molecule has 6 nitrogen and oxygen atoms in total. The standard InChI is InChI=1S/C14H13FN4O2/c1-9-6-10(2)18-13(12(9)19-4-3-5-20-19)21-14-16-7-11(15)8-17-14/h3,5-8H,4H2,1-2H3. The molecule has 0 saturated heterocycles. The highest BCUT2D eigenvalue weighted by Crippen LogP contribution is 2.34. The molecule has 0 amide bonds. The first-order valence-corrected chi connectivity index (χ1v) is 6.36. The molecule has 0 radical (unpaired) electrons. The molecule has 1 aliphatic heterocycles. The summed E-state index contributed by atoms with van der Waals surface area (Å²) in [6, 6.07) is 1.96. The van der Waals surface area contributed by atoms with Crippen molar-refractivity contribution >= 4 is 5.69 Å². The van der Waals surface area contributed by atoms with Crippen LogP contribution in [-0.2, 0) is 4.84 Å². The Balaban J connectivity index is 1.97. The maximum Gasteiger partial charge on any atom is 0.323 e. The maximum absolute atomic E-state index is 12.8. The molecule has 2 aromatic rings. The van der Waals surface area contributed by atoms with Gasteiger partial charge in [-0.1, -0.05) is 0 Å². The lowest BCUT2D eigenvalue weighted by atomic mass is 10.2. The molecule has 0 spiro atoms. The highest BCUT2D eigenvalue weighted by Gasteiger charge is 2.21. The van der Waals surface area contributed by atoms with E-state index in [-0.39, 0.29) is 6.01 Å². The Kier molecular flexibility index (Phi) is 3.39. The number of hydrogen-bond acceptors (Lipinski definition) is 6. The number of hydrogen-bond donors (Lipinski definition) is 0. The lowest BCUT2D eigenvalue weighted by molar-refractivity contribution is 0.242. The quantitative estimate of drug-likeness (QED) is 0.865. The average molecular weight is 288 g/mol. The van der Waals surface area contributed by atoms with Crippen LogP contribution in [0.5, 0.6) is 11.9 Å². The lowest BCUT2D eigenvalue weighted by Crippen LogP contribution is -2.19. The molecule has 0 saturated carbocycles. The Hall–Kier alpha value is -2.70. The SMILES string of the molecule is Cc1cc(C)c(N2CC=CO2)c(Oc2ncc(F)cn2)n1. The van der Waals surface area contributed by atoms with Gasteiger partial charge in [0.2, 0.25) is 5.88 Å². The Bertz CT molecular complexity index is 680. The number of pyridine rings is 1. The Morgan fingerprint density at radius 2 is 2.05 bits per heavy atom. The van der Waals surface area contributed by atoms with Crippen LogP contribution in [0.25, 0.3) is 0 Å². The van der Waals surface area contributed by atoms with E-state index in [1.165, 1.54) is 0 Å². The van der Waals surface area contributed by atoms with Gasteiger partial charge in [-0.15, -0.1) is 0 Å². The predicted molar refractivity (Wildman–Crippen MR) is 73.3 cm³/mol. The van der Waals surface area contributed by atoms with E-state index in [2.05, 4.69) is 15.0 Å². The molecule has 0 aliphatic carbocycles. The van der Waals surface area contributed by atoms with E-state index in [1.54, 1.807) is 11.3 Å². The molecule has 0 bridgehead atoms. The van der Waals surface area contributed by atoms with E-state index >= 15 is 0 Å². The van der Waals surface area contributed by atoms with E-state index in [0.29, 0.717) is 18.1 Å². The van der Waals surface area contributed by atoms with Crippen LogP contribution in [0, 0.1) is 19.7 Å². The number of aromatic nitrogens is 3. The van der Waals surface area contributed by atoms with Gasteiger partial charge in [-0.2, -0.15) is 0 Å². The van der Waals surface area contributed by atoms with Crippen molar-refractivity contribution < 1.29 is 14.0 Å². The molecule has 0 atom stereocenters. The van der Waals surface area contributed by atoms with E-state index in [9.17, 15) is 4.39 Å². The van der Waals surface area contributed by atoms with E-state index in [4.69, 9.17) is 9.57 Å². The van der Waals surface area contributed by atoms with Gasteiger partial charge in [-0.3, -0.25) is 0 Å². The normalized spacial score (nSPS) is 13.4. The molecule has 0 aromatic carbocycles. The first-order valence-electron chi connectivity index (χ1n) is 6.36. The van der Waals surface area contributed by atoms with Crippen LogP contribution in [0.2, 0.25) is 0 Å². The number of halogens is 1. The van der Waals surface area contributed by atoms with Crippen LogP contribution >= 0.6 is 0 Å². The third-order valence-corrected chi connectivity index (χ3v) is 2.87. The Morgan fingerprint density at radius 3 is 2.71 bits per heavy atom. The molecule has 0 fully saturated rings. The molecule has 2 aromatic heterocycles. The van der Waals surface area contributed by atoms with Crippen molar-refractivity contribution in [3.05, 3.63) is 47.9 Å². The fourth-order valence-corrected chi connectivity index (χ4v) is 2.05. The molecular formula is C14H13FN4O2. The van der Waals surface area contributed by atoms with Crippen molar-refractivity contribution in [2.75, 3.05) is 11.6 Å². The second kappa shape index (κ2) is 5.35. The fraction of sp³-hybridized carbons (Fsp3) is 0.214. The number of anilines is 1. The zero-order chi connectivity index (χ0) is 14.8. The summed E-state index contributed by atoms with van der Waals surface area (Å²) in [5.41, 5.74) is 2.43. The molecular weight excluding hydrogens is 275 g/mol. The molecule has 1 aliphatic rings. The van der Waals surface area contributed by atoms with Crippen LogP contribution < -0.4 is 9.80 Å². The molecule has 3 heterocycles. The van der Waals surface area contributed by atoms with Gasteiger partial charge in [-0.05, 0) is 31.6 Å². The first kappa shape index (κ1) is 13.3. The third kappa shape index (κ3) is 2.76. The predicted octanol–water partition coefficient (Wildman–Crippen LogP) is 2.69. The topological polar surface area (TPSA) is 60.4 Å². The van der Waals surface area contributed by atoms with Gasteiger partial charge in [0, 0.05) is 5.69 Å². The first-order chi connectivity index (χ1) is 10.1. The summed E-state index contributed by atoms with van der Waals surface area (Å²) in [6.07, 6.45) is 5.55. The number of hydroxylamine groups is 1. The van der Waals surface area contributed by atoms with Crippen LogP contribution in [0.1, 0.15) is 11.3 Å². The van der Waals surface area contributed by atoms with Gasteiger partial charge in [0.1, 0.15) is 11.9 Å². The molecule has 21 heavy (non-hydrogen) atoms. The third-order valence-electron chi connectivity index (χ3n) is 2.87. The van der Waals surface area contributed by atoms with Gasteiger partial charge in [0.05, 0.1) is 18.9 Å². The molecule has 0 unspecified atom stereocenters. The highest BCUT2D eigenvalue weighted by atomic mass is 19.1. The Labute approximate surface area is 120 Å². The molecule has 7 heteroatoms. The van der Waals surface area contributed by atoms with Gasteiger partial charge in [0.15, 0.2) is 5.82 Å². The smallest absolute Gasteiger partial charge is 0.323 e. The summed E-state index contributed by atoms with van der Waals surface area (Å²) in [4.78, 5) is 17.3. The summed E-state index contributed by atoms with van der Waals surface area (Å²) in [6.45, 7) is 4.38. The summed E-state index contributed by atoms with van der Waals surface area (Å²) in [7, 11) is 0. The molecule has 108 valence electrons. The minimum atomic E-state index is -0.525. The summed E-state index contributed by atoms with van der Waals surface area (Å²) < 4.78 is 18.4. The number of rotatable bonds is 3. The van der Waals surface area contributed by atoms with Crippen molar-refractivity contribution in [2.24, 2.45) is 0 Å².